The Kier molecular flexibility index (Phi) is 0.912. The van der Waals surface area contributed by atoms with Gasteiger partial charge in [-0.25, -0.2) is 0 Å². The molecule has 2 aliphatic carbocycles. The first-order valence-electron chi connectivity index (χ1n) is 4.08. The van der Waals surface area contributed by atoms with Gasteiger partial charge in [-0.1, -0.05) is 24.3 Å². The molecule has 0 saturated carbocycles. The maximum Gasteiger partial charge on any atom is 0.115 e. The van der Waals surface area contributed by atoms with Gasteiger partial charge >= 0.3 is 0 Å². The number of rotatable bonds is 0. The molecule has 0 aromatic heterocycles. The minimum Gasteiger partial charge on any atom is -0.508 e. The molecular weight excluding hydrogens is 148 g/mol. The lowest BCUT2D eigenvalue weighted by atomic mass is 9.75. The molecule has 0 aliphatic heterocycles. The molecule has 1 heteroatoms. The Morgan fingerprint density at radius 1 is 1.25 bits per heavy atom. The highest BCUT2D eigenvalue weighted by Crippen LogP contribution is 2.50. The minimum atomic E-state index is 0.369. The molecule has 2 aliphatic rings. The van der Waals surface area contributed by atoms with Crippen molar-refractivity contribution in [1.82, 2.24) is 0 Å². The average molecular weight is 156 g/mol. The van der Waals surface area contributed by atoms with Gasteiger partial charge in [-0.2, -0.15) is 0 Å². The largest absolute Gasteiger partial charge is 0.508 e. The van der Waals surface area contributed by atoms with E-state index in [1.165, 1.54) is 16.7 Å². The van der Waals surface area contributed by atoms with Crippen molar-refractivity contribution in [1.29, 1.82) is 0 Å². The van der Waals surface area contributed by atoms with Crippen LogP contribution in [0.15, 0.2) is 36.4 Å². The molecule has 0 spiro atoms. The molecule has 58 valence electrons. The second-order valence-corrected chi connectivity index (χ2v) is 3.26. The van der Waals surface area contributed by atoms with Gasteiger partial charge in [0.1, 0.15) is 5.75 Å². The Bertz CT molecular complexity index is 413. The fourth-order valence-corrected chi connectivity index (χ4v) is 2.00. The van der Waals surface area contributed by atoms with Crippen molar-refractivity contribution in [2.45, 2.75) is 5.92 Å². The summed E-state index contributed by atoms with van der Waals surface area (Å²) in [7, 11) is 0. The molecule has 0 radical (unpaired) electrons. The van der Waals surface area contributed by atoms with Crippen LogP contribution < -0.4 is 0 Å². The molecule has 0 fully saturated rings. The number of hydrogen-bond acceptors (Lipinski definition) is 1. The highest BCUT2D eigenvalue weighted by atomic mass is 16.3. The quantitative estimate of drug-likeness (QED) is 0.611. The van der Waals surface area contributed by atoms with Crippen LogP contribution in [0.1, 0.15) is 17.0 Å². The first-order valence-corrected chi connectivity index (χ1v) is 4.08. The van der Waals surface area contributed by atoms with E-state index in [1.54, 1.807) is 6.07 Å². The van der Waals surface area contributed by atoms with Crippen LogP contribution in [-0.2, 0) is 0 Å². The number of phenols is 1. The van der Waals surface area contributed by atoms with Gasteiger partial charge in [0.15, 0.2) is 0 Å². The fraction of sp³-hybridized carbons (Fsp3) is 0.0909. The monoisotopic (exact) mass is 156 g/mol. The average Bonchev–Trinajstić information content (AvgIpc) is 2.46. The van der Waals surface area contributed by atoms with Gasteiger partial charge in [0, 0.05) is 5.92 Å². The summed E-state index contributed by atoms with van der Waals surface area (Å²) in [5.41, 5.74) is 3.95. The first-order chi connectivity index (χ1) is 5.86. The molecular formula is C11H8O. The van der Waals surface area contributed by atoms with Crippen LogP contribution in [0.25, 0.3) is 5.57 Å². The molecule has 1 atom stereocenters. The molecule has 1 nitrogen and oxygen atoms in total. The maximum atomic E-state index is 9.25. The van der Waals surface area contributed by atoms with Gasteiger partial charge in [-0.3, -0.25) is 0 Å². The van der Waals surface area contributed by atoms with Crippen LogP contribution in [-0.4, -0.2) is 5.11 Å². The molecule has 0 heterocycles. The Morgan fingerprint density at radius 3 is 3.08 bits per heavy atom. The zero-order valence-electron chi connectivity index (χ0n) is 6.49. The van der Waals surface area contributed by atoms with Crippen molar-refractivity contribution in [3.8, 4) is 5.75 Å². The topological polar surface area (TPSA) is 20.2 Å². The smallest absolute Gasteiger partial charge is 0.115 e. The van der Waals surface area contributed by atoms with Gasteiger partial charge in [-0.05, 0) is 28.8 Å². The normalized spacial score (nSPS) is 22.7. The molecule has 12 heavy (non-hydrogen) atoms. The molecule has 3 rings (SSSR count). The number of aromatic hydroxyl groups is 1. The van der Waals surface area contributed by atoms with E-state index in [1.807, 2.05) is 12.1 Å². The molecule has 0 bridgehead atoms. The van der Waals surface area contributed by atoms with Crippen molar-refractivity contribution in [2.75, 3.05) is 0 Å². The summed E-state index contributed by atoms with van der Waals surface area (Å²) < 4.78 is 0. The third kappa shape index (κ3) is 0.549. The van der Waals surface area contributed by atoms with E-state index in [9.17, 15) is 5.11 Å². The number of allylic oxidation sites excluding steroid dienone is 4. The zero-order valence-corrected chi connectivity index (χ0v) is 6.49. The van der Waals surface area contributed by atoms with Crippen molar-refractivity contribution in [2.24, 2.45) is 0 Å². The number of benzene rings is 1. The van der Waals surface area contributed by atoms with Crippen molar-refractivity contribution in [3.63, 3.8) is 0 Å². The molecule has 1 unspecified atom stereocenters. The summed E-state index contributed by atoms with van der Waals surface area (Å²) in [6.45, 7) is 0. The summed E-state index contributed by atoms with van der Waals surface area (Å²) in [6, 6.07) is 5.58. The van der Waals surface area contributed by atoms with Crippen LogP contribution in [0.3, 0.4) is 0 Å². The Hall–Kier alpha value is -1.50. The number of hydrogen-bond donors (Lipinski definition) is 1. The van der Waals surface area contributed by atoms with E-state index in [0.29, 0.717) is 11.7 Å². The minimum absolute atomic E-state index is 0.369. The highest BCUT2D eigenvalue weighted by molar-refractivity contribution is 5.89. The molecule has 1 aromatic rings. The van der Waals surface area contributed by atoms with Crippen LogP contribution in [0.2, 0.25) is 0 Å². The van der Waals surface area contributed by atoms with Crippen LogP contribution in [0.5, 0.6) is 5.75 Å². The Balaban J connectivity index is 2.25. The highest BCUT2D eigenvalue weighted by Gasteiger charge is 2.31. The predicted octanol–water partition coefficient (Wildman–Crippen LogP) is 2.44. The second kappa shape index (κ2) is 1.81. The molecule has 0 amide bonds. The van der Waals surface area contributed by atoms with Gasteiger partial charge in [-0.15, -0.1) is 0 Å². The Morgan fingerprint density at radius 2 is 2.17 bits per heavy atom. The van der Waals surface area contributed by atoms with Gasteiger partial charge in [0.2, 0.25) is 0 Å². The Labute approximate surface area is 70.7 Å². The van der Waals surface area contributed by atoms with E-state index >= 15 is 0 Å². The summed E-state index contributed by atoms with van der Waals surface area (Å²) >= 11 is 0. The first kappa shape index (κ1) is 6.06. The summed E-state index contributed by atoms with van der Waals surface area (Å²) in [5, 5.41) is 9.25. The molecule has 1 aromatic carbocycles. The second-order valence-electron chi connectivity index (χ2n) is 3.26. The maximum absolute atomic E-state index is 9.25. The lowest BCUT2D eigenvalue weighted by Gasteiger charge is -2.29. The van der Waals surface area contributed by atoms with Gasteiger partial charge in [0.25, 0.3) is 0 Å². The molecule has 0 saturated heterocycles. The lowest BCUT2D eigenvalue weighted by molar-refractivity contribution is 0.474. The lowest BCUT2D eigenvalue weighted by Crippen LogP contribution is -2.10. The van der Waals surface area contributed by atoms with Crippen molar-refractivity contribution >= 4 is 5.57 Å². The van der Waals surface area contributed by atoms with Crippen molar-refractivity contribution in [3.05, 3.63) is 47.6 Å². The van der Waals surface area contributed by atoms with Crippen LogP contribution in [0, 0.1) is 0 Å². The van der Waals surface area contributed by atoms with Crippen LogP contribution >= 0.6 is 0 Å². The van der Waals surface area contributed by atoms with E-state index in [4.69, 9.17) is 0 Å². The predicted molar refractivity (Wildman–Crippen MR) is 48.0 cm³/mol. The van der Waals surface area contributed by atoms with Gasteiger partial charge < -0.3 is 5.11 Å². The summed E-state index contributed by atoms with van der Waals surface area (Å²) in [5.74, 6) is 0.834. The SMILES string of the molecule is Oc1ccc2c(c1)C1C=CC=C21. The van der Waals surface area contributed by atoms with E-state index in [-0.39, 0.29) is 0 Å². The van der Waals surface area contributed by atoms with E-state index in [2.05, 4.69) is 18.2 Å². The summed E-state index contributed by atoms with van der Waals surface area (Å²) in [4.78, 5) is 0. The molecule has 1 N–H and O–H groups in total. The fourth-order valence-electron chi connectivity index (χ4n) is 2.00. The third-order valence-electron chi connectivity index (χ3n) is 2.60. The van der Waals surface area contributed by atoms with E-state index in [0.717, 1.165) is 0 Å². The number of fused-ring (bicyclic) bond motifs is 4. The third-order valence-corrected chi connectivity index (χ3v) is 2.60. The number of phenolic OH excluding ortho intramolecular Hbond substituents is 1. The van der Waals surface area contributed by atoms with E-state index < -0.39 is 0 Å². The zero-order chi connectivity index (χ0) is 8.13. The standard InChI is InChI=1S/C11H8O/c12-7-4-5-10-8-2-1-3-9(8)11(10)6-7/h1-6,9,12H. The van der Waals surface area contributed by atoms with Crippen molar-refractivity contribution < 1.29 is 5.11 Å². The summed E-state index contributed by atoms with van der Waals surface area (Å²) in [6.07, 6.45) is 6.39. The van der Waals surface area contributed by atoms with Crippen LogP contribution in [0.4, 0.5) is 0 Å². The van der Waals surface area contributed by atoms with Gasteiger partial charge in [0.05, 0.1) is 0 Å².